The van der Waals surface area contributed by atoms with Crippen molar-refractivity contribution in [3.05, 3.63) is 23.3 Å². The third-order valence-electron chi connectivity index (χ3n) is 3.28. The number of hydrogen-bond donors (Lipinski definition) is 2. The molecule has 2 bridgehead atoms. The second kappa shape index (κ2) is 13.8. The van der Waals surface area contributed by atoms with Gasteiger partial charge in [0.15, 0.2) is 0 Å². The molecule has 3 nitrogen and oxygen atoms in total. The van der Waals surface area contributed by atoms with E-state index in [1.807, 2.05) is 12.1 Å². The van der Waals surface area contributed by atoms with E-state index in [0.717, 1.165) is 12.8 Å². The highest BCUT2D eigenvalue weighted by atomic mass is 33.5. The van der Waals surface area contributed by atoms with Crippen LogP contribution in [0.3, 0.4) is 0 Å². The molecule has 0 saturated carbocycles. The van der Waals surface area contributed by atoms with Crippen molar-refractivity contribution in [2.24, 2.45) is 0 Å². The molecule has 1 aromatic rings. The van der Waals surface area contributed by atoms with Crippen molar-refractivity contribution in [2.75, 3.05) is 11.5 Å². The Kier molecular flexibility index (Phi) is 12.7. The Hall–Kier alpha value is 1.64. The zero-order chi connectivity index (χ0) is 18.8. The fourth-order valence-corrected chi connectivity index (χ4v) is 27.1. The van der Waals surface area contributed by atoms with Crippen molar-refractivity contribution in [1.82, 2.24) is 0 Å². The van der Waals surface area contributed by atoms with Crippen molar-refractivity contribution in [3.63, 3.8) is 0 Å². The Morgan fingerprint density at radius 3 is 1.38 bits per heavy atom. The highest BCUT2D eigenvalue weighted by Crippen LogP contribution is 2.51. The first-order chi connectivity index (χ1) is 12.7. The van der Waals surface area contributed by atoms with Crippen LogP contribution in [0.5, 0.6) is 0 Å². The molecule has 0 amide bonds. The predicted molar refractivity (Wildman–Crippen MR) is 147 cm³/mol. The summed E-state index contributed by atoms with van der Waals surface area (Å²) in [5.41, 5.74) is 15.3. The summed E-state index contributed by atoms with van der Waals surface area (Å²) in [7, 11) is 18.1. The predicted octanol–water partition coefficient (Wildman–Crippen LogP) is 1.73. The van der Waals surface area contributed by atoms with Crippen LogP contribution in [0.25, 0.3) is 0 Å². The van der Waals surface area contributed by atoms with Gasteiger partial charge in [0.05, 0.1) is 23.6 Å². The average Bonchev–Trinajstić information content (AvgIpc) is 3.24. The summed E-state index contributed by atoms with van der Waals surface area (Å²) in [6.07, 6.45) is 2.81. The molecule has 1 aromatic carbocycles. The first-order valence-electron chi connectivity index (χ1n) is 6.60. The summed E-state index contributed by atoms with van der Waals surface area (Å²) in [5, 5.41) is 0. The molecule has 146 valence electrons. The molecule has 2 unspecified atom stereocenters. The number of rotatable bonds is 0. The molecular weight excluding hydrogens is 581 g/mol. The van der Waals surface area contributed by atoms with Crippen LogP contribution in [0.2, 0.25) is 0 Å². The van der Waals surface area contributed by atoms with E-state index < -0.39 is 0 Å². The van der Waals surface area contributed by atoms with Gasteiger partial charge in [-0.2, -0.15) is 0 Å². The zero-order valence-electron chi connectivity index (χ0n) is 12.6. The second-order valence-electron chi connectivity index (χ2n) is 4.55. The van der Waals surface area contributed by atoms with Crippen LogP contribution in [-0.4, -0.2) is 0 Å². The van der Waals surface area contributed by atoms with Crippen LogP contribution < -0.4 is 11.5 Å². The zero-order valence-corrected chi connectivity index (χ0v) is 23.2. The monoisotopic (exact) mass is 592 g/mol. The summed E-state index contributed by atoms with van der Waals surface area (Å²) < 4.78 is 5.74. The average molecular weight is 593 g/mol. The second-order valence-corrected chi connectivity index (χ2v) is 24.0. The molecule has 4 N–H and O–H groups in total. The number of fused-ring (bicyclic) bond motifs is 5. The molecule has 16 heteroatoms. The van der Waals surface area contributed by atoms with Crippen molar-refractivity contribution in [3.8, 4) is 0 Å². The molecule has 1 saturated heterocycles. The van der Waals surface area contributed by atoms with Crippen LogP contribution in [-0.2, 0) is 125 Å². The molecule has 3 rings (SSSR count). The first kappa shape index (κ1) is 23.9. The van der Waals surface area contributed by atoms with E-state index in [1.54, 1.807) is 79.9 Å². The molecule has 0 spiro atoms. The Morgan fingerprint density at radius 2 is 1.04 bits per heavy atom. The van der Waals surface area contributed by atoms with Gasteiger partial charge in [-0.1, -0.05) is 0 Å². The summed E-state index contributed by atoms with van der Waals surface area (Å²) in [4.78, 5) is 0. The summed E-state index contributed by atoms with van der Waals surface area (Å²) in [6, 6.07) is 3.93. The Morgan fingerprint density at radius 1 is 0.692 bits per heavy atom. The van der Waals surface area contributed by atoms with Crippen molar-refractivity contribution >= 4 is 131 Å². The van der Waals surface area contributed by atoms with E-state index >= 15 is 0 Å². The summed E-state index contributed by atoms with van der Waals surface area (Å²) in [5.74, 6) is 0. The molecule has 0 aromatic heterocycles. The lowest BCUT2D eigenvalue weighted by Gasteiger charge is -2.13. The maximum Gasteiger partial charge on any atom is 0.0838 e. The topological polar surface area (TPSA) is 61.3 Å². The van der Waals surface area contributed by atoms with Crippen molar-refractivity contribution in [2.45, 2.75) is 25.0 Å². The molecule has 2 aliphatic rings. The number of anilines is 2. The van der Waals surface area contributed by atoms with Gasteiger partial charge in [-0.3, -0.25) is 0 Å². The lowest BCUT2D eigenvalue weighted by atomic mass is 9.91. The van der Waals surface area contributed by atoms with E-state index in [2.05, 4.69) is 0 Å². The molecule has 2 heterocycles. The molecular formula is C10H12N2OS13. The highest BCUT2D eigenvalue weighted by molar-refractivity contribution is 8.75. The van der Waals surface area contributed by atoms with E-state index in [0.29, 0.717) is 11.4 Å². The van der Waals surface area contributed by atoms with Gasteiger partial charge >= 0.3 is 0 Å². The first-order valence-corrected chi connectivity index (χ1v) is 22.6. The van der Waals surface area contributed by atoms with Crippen LogP contribution in [0.1, 0.15) is 36.2 Å². The number of nitrogen functional groups attached to an aromatic ring is 2. The quantitative estimate of drug-likeness (QED) is 0.450. The Balaban J connectivity index is 0.000000187. The molecule has 0 aliphatic carbocycles. The SMILES string of the molecule is Nc1cc2c(cc1N)C1CCC2O1.S=S=S=S=S=S=S=S=S=S=S=S=S. The van der Waals surface area contributed by atoms with Gasteiger partial charge in [0.1, 0.15) is 0 Å². The largest absolute Gasteiger partial charge is 0.397 e. The van der Waals surface area contributed by atoms with E-state index in [1.165, 1.54) is 28.9 Å². The lowest BCUT2D eigenvalue weighted by molar-refractivity contribution is 0.0717. The number of nitrogens with two attached hydrogens (primary N) is 2. The minimum Gasteiger partial charge on any atom is -0.397 e. The summed E-state index contributed by atoms with van der Waals surface area (Å²) >= 11 is 9.40. The van der Waals surface area contributed by atoms with E-state index in [-0.39, 0.29) is 12.2 Å². The van der Waals surface area contributed by atoms with Crippen molar-refractivity contribution < 1.29 is 4.74 Å². The number of ether oxygens (including phenoxy) is 1. The van der Waals surface area contributed by atoms with Gasteiger partial charge in [0.25, 0.3) is 0 Å². The van der Waals surface area contributed by atoms with Crippen LogP contribution in [0.15, 0.2) is 12.1 Å². The molecule has 2 atom stereocenters. The molecule has 26 heavy (non-hydrogen) atoms. The van der Waals surface area contributed by atoms with Gasteiger partial charge in [-0.25, -0.2) is 0 Å². The maximum absolute atomic E-state index is 5.74. The standard InChI is InChI=1S/C10H12N2O.S13/c11-7-3-5-6(4-8(7)12)10-2-1-9(5)13-10;1-3-5-7-9-11-13-12-10-8-6-4-2/h3-4,9-10H,1-2,11-12H2;. The smallest absolute Gasteiger partial charge is 0.0838 e. The van der Waals surface area contributed by atoms with E-state index in [4.69, 9.17) is 38.6 Å². The van der Waals surface area contributed by atoms with Gasteiger partial charge in [0.2, 0.25) is 0 Å². The van der Waals surface area contributed by atoms with Gasteiger partial charge in [0, 0.05) is 120 Å². The lowest BCUT2D eigenvalue weighted by Crippen LogP contribution is -2.02. The Bertz CT molecular complexity index is 1060. The van der Waals surface area contributed by atoms with Gasteiger partial charge in [-0.05, 0) is 36.1 Å². The normalized spacial score (nSPS) is 18.2. The van der Waals surface area contributed by atoms with Crippen LogP contribution in [0.4, 0.5) is 11.4 Å². The highest BCUT2D eigenvalue weighted by Gasteiger charge is 2.38. The van der Waals surface area contributed by atoms with Crippen LogP contribution >= 0.6 is 0 Å². The minimum atomic E-state index is 0.280. The van der Waals surface area contributed by atoms with Gasteiger partial charge in [-0.15, -0.1) is 0 Å². The van der Waals surface area contributed by atoms with Gasteiger partial charge < -0.3 is 16.2 Å². The van der Waals surface area contributed by atoms with E-state index in [9.17, 15) is 0 Å². The van der Waals surface area contributed by atoms with Crippen molar-refractivity contribution in [1.29, 1.82) is 0 Å². The Labute approximate surface area is 193 Å². The summed E-state index contributed by atoms with van der Waals surface area (Å²) in [6.45, 7) is 0. The number of hydrogen-bond acceptors (Lipinski definition) is 5. The maximum atomic E-state index is 5.74. The number of benzene rings is 1. The molecule has 0 radical (unpaired) electrons. The molecule has 2 aliphatic heterocycles. The minimum absolute atomic E-state index is 0.280. The third kappa shape index (κ3) is 7.81. The molecule has 1 fully saturated rings. The van der Waals surface area contributed by atoms with Crippen LogP contribution in [0, 0.1) is 0 Å². The fraction of sp³-hybridized carbons (Fsp3) is 0.400. The third-order valence-corrected chi connectivity index (χ3v) is 25.5. The fourth-order valence-electron chi connectivity index (χ4n) is 2.42.